The monoisotopic (exact) mass is 976 g/mol. The average molecular weight is 977 g/mol. The van der Waals surface area contributed by atoms with Crippen LogP contribution >= 0.6 is 0 Å². The Morgan fingerprint density at radius 1 is 0.875 bits per heavy atom. The lowest BCUT2D eigenvalue weighted by molar-refractivity contribution is -0.384. The molecule has 2 N–H and O–H groups in total. The molecule has 3 heterocycles. The van der Waals surface area contributed by atoms with Gasteiger partial charge < -0.3 is 34.1 Å². The molecular weight excluding hydrogens is 929 g/mol. The molecule has 6 atom stereocenters. The van der Waals surface area contributed by atoms with Crippen molar-refractivity contribution in [2.75, 3.05) is 38.9 Å². The molecule has 8 rings (SSSR count). The van der Waals surface area contributed by atoms with Crippen molar-refractivity contribution in [3.05, 3.63) is 184 Å². The Labute approximate surface area is 413 Å². The first-order valence-electron chi connectivity index (χ1n) is 22.7. The van der Waals surface area contributed by atoms with Crippen LogP contribution in [0.1, 0.15) is 58.0 Å². The van der Waals surface area contributed by atoms with Gasteiger partial charge in [-0.15, -0.1) is 6.58 Å². The second kappa shape index (κ2) is 21.5. The second-order valence-corrected chi connectivity index (χ2v) is 16.9. The third-order valence-corrected chi connectivity index (χ3v) is 12.9. The van der Waals surface area contributed by atoms with Crippen molar-refractivity contribution in [1.82, 2.24) is 10.2 Å². The summed E-state index contributed by atoms with van der Waals surface area (Å²) >= 11 is 0. The number of nitro groups is 1. The van der Waals surface area contributed by atoms with E-state index in [-0.39, 0.29) is 48.7 Å². The molecule has 6 unspecified atom stereocenters. The molecule has 18 nitrogen and oxygen atoms in total. The van der Waals surface area contributed by atoms with Gasteiger partial charge in [-0.05, 0) is 70.3 Å². The van der Waals surface area contributed by atoms with Crippen molar-refractivity contribution >= 4 is 47.2 Å². The highest BCUT2D eigenvalue weighted by atomic mass is 16.6. The number of cyclic esters (lactones) is 1. The van der Waals surface area contributed by atoms with Gasteiger partial charge in [0.2, 0.25) is 11.8 Å². The Hall–Kier alpha value is -8.66. The quantitative estimate of drug-likeness (QED) is 0.0234. The fraction of sp³-hybridized carbons (Fsp3) is 0.259. The van der Waals surface area contributed by atoms with Gasteiger partial charge in [-0.2, -0.15) is 0 Å². The number of nitrogens with one attached hydrogen (secondary N) is 1. The first-order valence-corrected chi connectivity index (χ1v) is 22.7. The van der Waals surface area contributed by atoms with Gasteiger partial charge >= 0.3 is 24.0 Å². The molecule has 0 radical (unpaired) electrons. The van der Waals surface area contributed by atoms with Gasteiger partial charge in [0.05, 0.1) is 49.4 Å². The molecule has 5 aromatic carbocycles. The average Bonchev–Trinajstić information content (AvgIpc) is 3.86. The predicted molar refractivity (Wildman–Crippen MR) is 256 cm³/mol. The van der Waals surface area contributed by atoms with E-state index in [4.69, 9.17) is 23.7 Å². The van der Waals surface area contributed by atoms with Gasteiger partial charge in [0.15, 0.2) is 5.92 Å². The largest absolute Gasteiger partial charge is 0.491 e. The number of imide groups is 1. The standard InChI is InChI=1S/C54H48N4O14/c1-4-28-55-48(60)43-45-51(63)72-46(36-15-9-6-10-16-36)44(35-13-7-5-8-14-35)57(45)47(37-21-25-39(26-22-37)70-30-29-59)54(43)41-31-33(12-11-17-40(49(61)68-2)50(62)69-3)20-27-42(41)56(52(54)64)53(65)71-32-34-18-23-38(24-19-34)58(66)67/h4-10,13-16,18-27,31,40,43-47,59H,1,17,28-30,32H2,2-3H3,(H,55,60). The summed E-state index contributed by atoms with van der Waals surface area (Å²) in [6, 6.07) is 30.9. The van der Waals surface area contributed by atoms with Gasteiger partial charge in [-0.1, -0.05) is 90.7 Å². The van der Waals surface area contributed by atoms with E-state index in [0.29, 0.717) is 28.0 Å². The Bertz CT molecular complexity index is 2940. The molecule has 3 amide bonds. The van der Waals surface area contributed by atoms with E-state index >= 15 is 14.4 Å². The maximum atomic E-state index is 16.4. The molecule has 2 saturated heterocycles. The van der Waals surface area contributed by atoms with Crippen LogP contribution in [-0.4, -0.2) is 90.8 Å². The van der Waals surface area contributed by atoms with Crippen molar-refractivity contribution in [2.24, 2.45) is 11.8 Å². The smallest absolute Gasteiger partial charge is 0.421 e. The zero-order valence-corrected chi connectivity index (χ0v) is 39.0. The number of fused-ring (bicyclic) bond motifs is 3. The van der Waals surface area contributed by atoms with Crippen LogP contribution in [-0.2, 0) is 54.9 Å². The van der Waals surface area contributed by atoms with Crippen molar-refractivity contribution in [2.45, 2.75) is 42.7 Å². The summed E-state index contributed by atoms with van der Waals surface area (Å²) in [6.45, 7) is 2.96. The van der Waals surface area contributed by atoms with Crippen LogP contribution in [0.25, 0.3) is 0 Å². The van der Waals surface area contributed by atoms with Crippen LogP contribution in [0.2, 0.25) is 0 Å². The minimum atomic E-state index is -2.21. The third kappa shape index (κ3) is 9.26. The van der Waals surface area contributed by atoms with Gasteiger partial charge in [-0.25, -0.2) is 9.69 Å². The molecule has 1 spiro atoms. The van der Waals surface area contributed by atoms with Crippen LogP contribution in [0.4, 0.5) is 16.2 Å². The number of nitrogens with zero attached hydrogens (tertiary/aromatic N) is 3. The molecule has 18 heteroatoms. The number of hydrogen-bond donors (Lipinski definition) is 2. The lowest BCUT2D eigenvalue weighted by Crippen LogP contribution is -2.55. The van der Waals surface area contributed by atoms with E-state index in [1.54, 1.807) is 36.4 Å². The molecule has 0 saturated carbocycles. The van der Waals surface area contributed by atoms with Crippen LogP contribution in [0.15, 0.2) is 140 Å². The zero-order chi connectivity index (χ0) is 51.1. The Morgan fingerprint density at radius 3 is 2.14 bits per heavy atom. The molecule has 72 heavy (non-hydrogen) atoms. The predicted octanol–water partition coefficient (Wildman–Crippen LogP) is 5.97. The summed E-state index contributed by atoms with van der Waals surface area (Å²) in [5, 5.41) is 23.8. The van der Waals surface area contributed by atoms with Crippen LogP contribution in [0.5, 0.6) is 5.75 Å². The molecule has 3 aliphatic heterocycles. The lowest BCUT2D eigenvalue weighted by Gasteiger charge is -2.46. The number of rotatable bonds is 15. The number of hydrogen-bond acceptors (Lipinski definition) is 15. The highest BCUT2D eigenvalue weighted by molar-refractivity contribution is 6.23. The number of morpholine rings is 1. The van der Waals surface area contributed by atoms with E-state index in [0.717, 1.165) is 19.1 Å². The van der Waals surface area contributed by atoms with E-state index in [9.17, 15) is 29.6 Å². The highest BCUT2D eigenvalue weighted by Gasteiger charge is 2.75. The summed E-state index contributed by atoms with van der Waals surface area (Å²) in [5.74, 6) is -1.17. The third-order valence-electron chi connectivity index (χ3n) is 12.9. The van der Waals surface area contributed by atoms with Crippen molar-refractivity contribution in [3.8, 4) is 17.6 Å². The van der Waals surface area contributed by atoms with Crippen LogP contribution < -0.4 is 15.0 Å². The van der Waals surface area contributed by atoms with E-state index in [1.165, 1.54) is 48.5 Å². The van der Waals surface area contributed by atoms with E-state index < -0.39 is 88.8 Å². The normalized spacial score (nSPS) is 20.8. The van der Waals surface area contributed by atoms with Crippen LogP contribution in [0, 0.1) is 33.8 Å². The van der Waals surface area contributed by atoms with Gasteiger partial charge in [0, 0.05) is 30.7 Å². The number of benzene rings is 5. The minimum absolute atomic E-state index is 0.0141. The number of carbonyl (C=O) groups is 6. The van der Waals surface area contributed by atoms with Gasteiger partial charge in [0.25, 0.3) is 5.69 Å². The minimum Gasteiger partial charge on any atom is -0.491 e. The van der Waals surface area contributed by atoms with E-state index in [1.807, 2.05) is 53.4 Å². The molecule has 5 aromatic rings. The summed E-state index contributed by atoms with van der Waals surface area (Å²) in [5.41, 5.74) is -0.0494. The number of ether oxygens (including phenoxy) is 5. The topological polar surface area (TPSA) is 230 Å². The van der Waals surface area contributed by atoms with Crippen molar-refractivity contribution in [3.63, 3.8) is 0 Å². The molecule has 0 aliphatic carbocycles. The number of aliphatic hydroxyl groups is 1. The summed E-state index contributed by atoms with van der Waals surface area (Å²) < 4.78 is 27.7. The maximum absolute atomic E-state index is 16.4. The Balaban J connectivity index is 1.40. The molecule has 0 bridgehead atoms. The van der Waals surface area contributed by atoms with E-state index in [2.05, 4.69) is 23.7 Å². The SMILES string of the molecule is C=CCNC(=O)C1C2C(=O)OC(c3ccccc3)C(c3ccccc3)N2C(c2ccc(OCCO)cc2)C12C(=O)N(C(=O)OCc1ccc([N+](=O)[O-])cc1)c1ccc(C#CCC(C(=O)OC)C(=O)OC)cc12. The Kier molecular flexibility index (Phi) is 14.9. The number of esters is 3. The molecule has 2 fully saturated rings. The molecule has 368 valence electrons. The number of methoxy groups -OCH3 is 2. The number of non-ortho nitro benzene ring substituents is 1. The van der Waals surface area contributed by atoms with Crippen molar-refractivity contribution < 1.29 is 62.5 Å². The zero-order valence-electron chi connectivity index (χ0n) is 39.0. The summed E-state index contributed by atoms with van der Waals surface area (Å²) in [6.07, 6.45) is -1.07. The summed E-state index contributed by atoms with van der Waals surface area (Å²) in [4.78, 5) is 100. The van der Waals surface area contributed by atoms with Gasteiger partial charge in [-0.3, -0.25) is 39.0 Å². The maximum Gasteiger partial charge on any atom is 0.421 e. The molecular formula is C54H48N4O14. The number of anilines is 1. The fourth-order valence-electron chi connectivity index (χ4n) is 9.88. The summed E-state index contributed by atoms with van der Waals surface area (Å²) in [7, 11) is 2.24. The number of amides is 3. The lowest BCUT2D eigenvalue weighted by atomic mass is 9.65. The first kappa shape index (κ1) is 49.8. The van der Waals surface area contributed by atoms with Crippen LogP contribution in [0.3, 0.4) is 0 Å². The molecule has 3 aliphatic rings. The highest BCUT2D eigenvalue weighted by Crippen LogP contribution is 2.66. The molecule has 0 aromatic heterocycles. The Morgan fingerprint density at radius 2 is 1.53 bits per heavy atom. The first-order chi connectivity index (χ1) is 34.9. The number of nitro benzene ring substituents is 1. The number of aliphatic hydroxyl groups excluding tert-OH is 1. The van der Waals surface area contributed by atoms with Crippen molar-refractivity contribution in [1.29, 1.82) is 0 Å². The van der Waals surface area contributed by atoms with Gasteiger partial charge in [0.1, 0.15) is 36.5 Å². The number of carbonyl (C=O) groups excluding carboxylic acids is 6. The second-order valence-electron chi connectivity index (χ2n) is 16.9. The fourth-order valence-corrected chi connectivity index (χ4v) is 9.88.